The van der Waals surface area contributed by atoms with Gasteiger partial charge in [0.2, 0.25) is 17.7 Å². The minimum atomic E-state index is -1.71. The van der Waals surface area contributed by atoms with E-state index >= 15 is 0 Å². The van der Waals surface area contributed by atoms with Crippen LogP contribution in [0.4, 0.5) is 0 Å². The Labute approximate surface area is 175 Å². The molecular formula is C15H24N4O10S. The average molecular weight is 452 g/mol. The molecule has 0 heterocycles. The molecule has 0 spiro atoms. The number of carbonyl (C=O) groups is 6. The van der Waals surface area contributed by atoms with Crippen molar-refractivity contribution >= 4 is 48.3 Å². The van der Waals surface area contributed by atoms with Crippen molar-refractivity contribution < 1.29 is 49.2 Å². The van der Waals surface area contributed by atoms with Gasteiger partial charge in [-0.25, -0.2) is 4.79 Å². The van der Waals surface area contributed by atoms with Gasteiger partial charge in [-0.3, -0.25) is 24.0 Å². The van der Waals surface area contributed by atoms with Crippen LogP contribution in [0.5, 0.6) is 0 Å². The number of thiol groups is 1. The van der Waals surface area contributed by atoms with Crippen molar-refractivity contribution in [2.24, 2.45) is 5.73 Å². The molecule has 0 aromatic rings. The Hall–Kier alpha value is -2.91. The molecule has 0 radical (unpaired) electrons. The van der Waals surface area contributed by atoms with Gasteiger partial charge in [0, 0.05) is 5.75 Å². The zero-order valence-electron chi connectivity index (χ0n) is 15.8. The van der Waals surface area contributed by atoms with E-state index in [0.717, 1.165) is 6.92 Å². The summed E-state index contributed by atoms with van der Waals surface area (Å²) in [6.07, 6.45) is -3.15. The number of aliphatic hydroxyl groups excluding tert-OH is 1. The number of hydrogen-bond acceptors (Lipinski definition) is 9. The molecule has 0 saturated heterocycles. The van der Waals surface area contributed by atoms with Crippen molar-refractivity contribution in [1.29, 1.82) is 0 Å². The molecule has 0 fully saturated rings. The zero-order chi connectivity index (χ0) is 23.6. The average Bonchev–Trinajstić information content (AvgIpc) is 2.61. The van der Waals surface area contributed by atoms with Gasteiger partial charge in [0.1, 0.15) is 12.1 Å². The Kier molecular flexibility index (Phi) is 11.4. The molecule has 15 heteroatoms. The second-order valence-corrected chi connectivity index (χ2v) is 6.54. The van der Waals surface area contributed by atoms with Crippen LogP contribution in [0.2, 0.25) is 0 Å². The minimum absolute atomic E-state index is 0.337. The second kappa shape index (κ2) is 12.6. The number of carboxylic acids is 3. The number of nitrogens with two attached hydrogens (primary N) is 1. The molecule has 0 aliphatic rings. The lowest BCUT2D eigenvalue weighted by molar-refractivity contribution is -0.145. The van der Waals surface area contributed by atoms with Crippen LogP contribution in [-0.4, -0.2) is 92.1 Å². The Morgan fingerprint density at radius 2 is 1.30 bits per heavy atom. The van der Waals surface area contributed by atoms with Crippen LogP contribution in [0.15, 0.2) is 0 Å². The van der Waals surface area contributed by atoms with Gasteiger partial charge in [0.15, 0.2) is 6.04 Å². The summed E-state index contributed by atoms with van der Waals surface area (Å²) >= 11 is 3.86. The molecule has 170 valence electrons. The summed E-state index contributed by atoms with van der Waals surface area (Å²) in [5.41, 5.74) is 5.36. The summed E-state index contributed by atoms with van der Waals surface area (Å²) in [7, 11) is 0. The normalized spacial score (nSPS) is 15.6. The van der Waals surface area contributed by atoms with Crippen LogP contribution >= 0.6 is 12.6 Å². The molecule has 0 saturated carbocycles. The SMILES string of the molecule is CC(O)C(NC(=O)C(CS)NC(=O)C(CC(=O)O)NC(=O)C(N)CC(=O)O)C(=O)O. The van der Waals surface area contributed by atoms with Crippen LogP contribution in [0.25, 0.3) is 0 Å². The molecule has 9 N–H and O–H groups in total. The monoisotopic (exact) mass is 452 g/mol. The van der Waals surface area contributed by atoms with E-state index in [2.05, 4.69) is 17.9 Å². The lowest BCUT2D eigenvalue weighted by Crippen LogP contribution is -2.59. The van der Waals surface area contributed by atoms with Crippen molar-refractivity contribution in [3.8, 4) is 0 Å². The van der Waals surface area contributed by atoms with Crippen molar-refractivity contribution in [1.82, 2.24) is 16.0 Å². The third-order valence-corrected chi connectivity index (χ3v) is 3.97. The summed E-state index contributed by atoms with van der Waals surface area (Å²) in [5, 5.41) is 42.0. The second-order valence-electron chi connectivity index (χ2n) is 6.17. The van der Waals surface area contributed by atoms with Crippen molar-refractivity contribution in [3.05, 3.63) is 0 Å². The highest BCUT2D eigenvalue weighted by Gasteiger charge is 2.32. The van der Waals surface area contributed by atoms with Crippen LogP contribution in [-0.2, 0) is 28.8 Å². The molecule has 0 aliphatic carbocycles. The van der Waals surface area contributed by atoms with Gasteiger partial charge in [-0.05, 0) is 6.92 Å². The van der Waals surface area contributed by atoms with Gasteiger partial charge in [-0.2, -0.15) is 12.6 Å². The van der Waals surface area contributed by atoms with E-state index in [1.54, 1.807) is 0 Å². The molecule has 5 unspecified atom stereocenters. The molecule has 0 aromatic heterocycles. The molecule has 3 amide bonds. The molecule has 0 bridgehead atoms. The predicted octanol–water partition coefficient (Wildman–Crippen LogP) is -3.89. The first kappa shape index (κ1) is 27.1. The summed E-state index contributed by atoms with van der Waals surface area (Å²) in [5.74, 6) is -8.03. The molecule has 14 nitrogen and oxygen atoms in total. The number of carbonyl (C=O) groups excluding carboxylic acids is 3. The summed E-state index contributed by atoms with van der Waals surface area (Å²) in [6.45, 7) is 1.12. The fourth-order valence-electron chi connectivity index (χ4n) is 2.05. The Morgan fingerprint density at radius 1 is 0.833 bits per heavy atom. The van der Waals surface area contributed by atoms with Crippen molar-refractivity contribution in [2.45, 2.75) is 50.0 Å². The van der Waals surface area contributed by atoms with Crippen molar-refractivity contribution in [2.75, 3.05) is 5.75 Å². The minimum Gasteiger partial charge on any atom is -0.481 e. The van der Waals surface area contributed by atoms with Gasteiger partial charge in [-0.15, -0.1) is 0 Å². The molecule has 30 heavy (non-hydrogen) atoms. The summed E-state index contributed by atoms with van der Waals surface area (Å²) in [6, 6.07) is -6.39. The molecule has 5 atom stereocenters. The highest BCUT2D eigenvalue weighted by Crippen LogP contribution is 2.01. The molecular weight excluding hydrogens is 428 g/mol. The van der Waals surface area contributed by atoms with Crippen molar-refractivity contribution in [3.63, 3.8) is 0 Å². The standard InChI is InChI=1S/C15H24N4O10S/c1-5(20)11(15(28)29)19-14(27)8(4-30)18-13(26)7(3-10(23)24)17-12(25)6(16)2-9(21)22/h5-8,11,20,30H,2-4,16H2,1H3,(H,17,25)(H,18,26)(H,19,27)(H,21,22)(H,23,24)(H,28,29). The fraction of sp³-hybridized carbons (Fsp3) is 0.600. The number of carboxylic acid groups (broad SMARTS) is 3. The smallest absolute Gasteiger partial charge is 0.328 e. The largest absolute Gasteiger partial charge is 0.481 e. The van der Waals surface area contributed by atoms with Crippen LogP contribution < -0.4 is 21.7 Å². The first-order valence-corrected chi connectivity index (χ1v) is 9.05. The zero-order valence-corrected chi connectivity index (χ0v) is 16.7. The van der Waals surface area contributed by atoms with E-state index < -0.39 is 78.7 Å². The van der Waals surface area contributed by atoms with Gasteiger partial charge in [0.25, 0.3) is 0 Å². The van der Waals surface area contributed by atoms with E-state index in [4.69, 9.17) is 21.1 Å². The Bertz CT molecular complexity index is 686. The number of aliphatic carboxylic acids is 3. The number of rotatable bonds is 13. The van der Waals surface area contributed by atoms with Crippen LogP contribution in [0, 0.1) is 0 Å². The first-order valence-electron chi connectivity index (χ1n) is 8.42. The lowest BCUT2D eigenvalue weighted by atomic mass is 10.1. The Morgan fingerprint density at radius 3 is 1.70 bits per heavy atom. The maximum atomic E-state index is 12.4. The van der Waals surface area contributed by atoms with Gasteiger partial charge >= 0.3 is 17.9 Å². The van der Waals surface area contributed by atoms with Gasteiger partial charge in [0.05, 0.1) is 25.0 Å². The molecule has 0 aromatic carbocycles. The predicted molar refractivity (Wildman–Crippen MR) is 101 cm³/mol. The topological polar surface area (TPSA) is 245 Å². The first-order chi connectivity index (χ1) is 13.8. The number of aliphatic hydroxyl groups is 1. The van der Waals surface area contributed by atoms with Gasteiger partial charge in [-0.1, -0.05) is 0 Å². The number of nitrogens with one attached hydrogen (secondary N) is 3. The molecule has 0 aliphatic heterocycles. The van der Waals surface area contributed by atoms with Crippen LogP contribution in [0.3, 0.4) is 0 Å². The fourth-order valence-corrected chi connectivity index (χ4v) is 2.31. The van der Waals surface area contributed by atoms with E-state index in [1.807, 2.05) is 10.6 Å². The van der Waals surface area contributed by atoms with E-state index in [0.29, 0.717) is 0 Å². The highest BCUT2D eigenvalue weighted by atomic mass is 32.1. The maximum absolute atomic E-state index is 12.4. The van der Waals surface area contributed by atoms with E-state index in [9.17, 15) is 33.9 Å². The summed E-state index contributed by atoms with van der Waals surface area (Å²) in [4.78, 5) is 69.1. The quantitative estimate of drug-likeness (QED) is 0.122. The van der Waals surface area contributed by atoms with E-state index in [1.165, 1.54) is 0 Å². The van der Waals surface area contributed by atoms with E-state index in [-0.39, 0.29) is 5.75 Å². The third-order valence-electron chi connectivity index (χ3n) is 3.60. The third kappa shape index (κ3) is 9.53. The Balaban J connectivity index is 5.27. The maximum Gasteiger partial charge on any atom is 0.328 e. The lowest BCUT2D eigenvalue weighted by Gasteiger charge is -2.24. The molecule has 0 rings (SSSR count). The number of hydrogen-bond donors (Lipinski definition) is 9. The highest BCUT2D eigenvalue weighted by molar-refractivity contribution is 7.80. The van der Waals surface area contributed by atoms with Gasteiger partial charge < -0.3 is 42.1 Å². The summed E-state index contributed by atoms with van der Waals surface area (Å²) < 4.78 is 0. The number of amides is 3. The van der Waals surface area contributed by atoms with Crippen LogP contribution in [0.1, 0.15) is 19.8 Å².